The van der Waals surface area contributed by atoms with Crippen LogP contribution in [0.15, 0.2) is 83.2 Å². The quantitative estimate of drug-likeness (QED) is 0.395. The molecule has 0 amide bonds. The summed E-state index contributed by atoms with van der Waals surface area (Å²) in [5.74, 6) is 0.916. The van der Waals surface area contributed by atoms with Crippen molar-refractivity contribution in [2.45, 2.75) is 0 Å². The molecule has 0 radical (unpaired) electrons. The lowest BCUT2D eigenvalue weighted by molar-refractivity contribution is -0.132. The number of benzene rings is 2. The third kappa shape index (κ3) is 4.88. The van der Waals surface area contributed by atoms with E-state index in [1.54, 1.807) is 24.3 Å². The minimum absolute atomic E-state index is 0.0267. The van der Waals surface area contributed by atoms with Crippen molar-refractivity contribution >= 4 is 11.7 Å². The molecule has 0 unspecified atom stereocenters. The van der Waals surface area contributed by atoms with Crippen molar-refractivity contribution in [3.63, 3.8) is 0 Å². The molecule has 0 spiro atoms. The van der Waals surface area contributed by atoms with Crippen LogP contribution in [0.25, 0.3) is 0 Å². The lowest BCUT2D eigenvalue weighted by Gasteiger charge is -2.16. The van der Waals surface area contributed by atoms with Crippen LogP contribution in [0.3, 0.4) is 0 Å². The van der Waals surface area contributed by atoms with Gasteiger partial charge in [-0.2, -0.15) is 0 Å². The first-order valence-electron chi connectivity index (χ1n) is 8.22. The molecule has 7 nitrogen and oxygen atoms in total. The molecule has 1 heterocycles. The Hall–Kier alpha value is -3.74. The molecule has 2 aromatic carbocycles. The lowest BCUT2D eigenvalue weighted by Crippen LogP contribution is -2.28. The molecule has 3 rings (SSSR count). The fraction of sp³-hybridized carbons (Fsp3) is 0.100. The molecular formula is C20H18N2O5. The monoisotopic (exact) mass is 366 g/mol. The summed E-state index contributed by atoms with van der Waals surface area (Å²) in [7, 11) is 0. The van der Waals surface area contributed by atoms with Gasteiger partial charge in [-0.25, -0.2) is 4.79 Å². The number of aliphatic carboxylic acids is 1. The number of ether oxygens (including phenoxy) is 2. The van der Waals surface area contributed by atoms with Gasteiger partial charge in [-0.05, 0) is 42.5 Å². The van der Waals surface area contributed by atoms with Crippen LogP contribution < -0.4 is 14.8 Å². The molecule has 0 fully saturated rings. The van der Waals surface area contributed by atoms with E-state index in [1.165, 1.54) is 12.2 Å². The standard InChI is InChI=1S/C20H18N2O5/c23-20(24)14-10-11-21-18(12-14)19(22-25)13-26-15-6-8-17(9-7-15)27-16-4-2-1-3-5-16/h1-10,12,21,25H,11,13H2,(H,23,24)/b22-19+. The van der Waals surface area contributed by atoms with Crippen LogP contribution in [-0.2, 0) is 4.79 Å². The van der Waals surface area contributed by atoms with Gasteiger partial charge in [0.25, 0.3) is 0 Å². The third-order valence-corrected chi connectivity index (χ3v) is 3.77. The van der Waals surface area contributed by atoms with Gasteiger partial charge >= 0.3 is 5.97 Å². The Kier molecular flexibility index (Phi) is 5.73. The fourth-order valence-corrected chi connectivity index (χ4v) is 2.41. The predicted octanol–water partition coefficient (Wildman–Crippen LogP) is 3.19. The summed E-state index contributed by atoms with van der Waals surface area (Å²) in [4.78, 5) is 11.1. The van der Waals surface area contributed by atoms with Gasteiger partial charge in [0.05, 0.1) is 11.3 Å². The van der Waals surface area contributed by atoms with Crippen molar-refractivity contribution in [3.8, 4) is 17.2 Å². The largest absolute Gasteiger partial charge is 0.487 e. The van der Waals surface area contributed by atoms with Crippen molar-refractivity contribution in [1.29, 1.82) is 0 Å². The van der Waals surface area contributed by atoms with Crippen molar-refractivity contribution in [3.05, 3.63) is 78.0 Å². The van der Waals surface area contributed by atoms with Gasteiger partial charge in [0.1, 0.15) is 29.6 Å². The highest BCUT2D eigenvalue weighted by Gasteiger charge is 2.16. The highest BCUT2D eigenvalue weighted by Crippen LogP contribution is 2.23. The first kappa shape index (κ1) is 18.1. The number of nitrogens with zero attached hydrogens (tertiary/aromatic N) is 1. The summed E-state index contributed by atoms with van der Waals surface area (Å²) in [6, 6.07) is 16.4. The van der Waals surface area contributed by atoms with E-state index >= 15 is 0 Å². The molecule has 1 aliphatic heterocycles. The number of hydrogen-bond donors (Lipinski definition) is 3. The van der Waals surface area contributed by atoms with E-state index < -0.39 is 5.97 Å². The molecule has 3 N–H and O–H groups in total. The van der Waals surface area contributed by atoms with Gasteiger partial charge in [0.15, 0.2) is 0 Å². The lowest BCUT2D eigenvalue weighted by atomic mass is 10.1. The van der Waals surface area contributed by atoms with E-state index in [-0.39, 0.29) is 17.9 Å². The molecule has 0 aromatic heterocycles. The van der Waals surface area contributed by atoms with E-state index in [2.05, 4.69) is 10.5 Å². The average Bonchev–Trinajstić information content (AvgIpc) is 2.71. The molecule has 7 heteroatoms. The average molecular weight is 366 g/mol. The number of nitrogens with one attached hydrogen (secondary N) is 1. The summed E-state index contributed by atoms with van der Waals surface area (Å²) in [5, 5.41) is 24.5. The van der Waals surface area contributed by atoms with Crippen molar-refractivity contribution < 1.29 is 24.6 Å². The molecule has 0 atom stereocenters. The molecule has 1 aliphatic rings. The summed E-state index contributed by atoms with van der Waals surface area (Å²) < 4.78 is 11.3. The Balaban J connectivity index is 1.60. The molecule has 27 heavy (non-hydrogen) atoms. The number of carbonyl (C=O) groups is 1. The number of oxime groups is 1. The normalized spacial score (nSPS) is 13.9. The van der Waals surface area contributed by atoms with Gasteiger partial charge in [-0.15, -0.1) is 0 Å². The molecule has 0 aliphatic carbocycles. The van der Waals surface area contributed by atoms with E-state index in [4.69, 9.17) is 14.6 Å². The topological polar surface area (TPSA) is 100 Å². The summed E-state index contributed by atoms with van der Waals surface area (Å²) in [6.07, 6.45) is 2.94. The smallest absolute Gasteiger partial charge is 0.335 e. The Labute approximate surface area is 155 Å². The van der Waals surface area contributed by atoms with Crippen LogP contribution in [0.4, 0.5) is 0 Å². The van der Waals surface area contributed by atoms with Crippen molar-refractivity contribution in [1.82, 2.24) is 5.32 Å². The molecule has 0 bridgehead atoms. The molecule has 0 saturated heterocycles. The Morgan fingerprint density at radius 2 is 1.70 bits per heavy atom. The van der Waals surface area contributed by atoms with E-state index in [9.17, 15) is 10.0 Å². The second-order valence-corrected chi connectivity index (χ2v) is 5.63. The highest BCUT2D eigenvalue weighted by atomic mass is 16.5. The van der Waals surface area contributed by atoms with Gasteiger partial charge in [-0.3, -0.25) is 0 Å². The van der Waals surface area contributed by atoms with Gasteiger partial charge in [-0.1, -0.05) is 29.4 Å². The predicted molar refractivity (Wildman–Crippen MR) is 99.5 cm³/mol. The maximum absolute atomic E-state index is 11.1. The SMILES string of the molecule is O=C(O)C1=CCNC(/C(COc2ccc(Oc3ccccc3)cc2)=N/O)=C1. The number of dihydropyridines is 1. The van der Waals surface area contributed by atoms with Crippen molar-refractivity contribution in [2.24, 2.45) is 5.16 Å². The summed E-state index contributed by atoms with van der Waals surface area (Å²) >= 11 is 0. The minimum atomic E-state index is -1.04. The van der Waals surface area contributed by atoms with Gasteiger partial charge in [0, 0.05) is 6.54 Å². The molecular weight excluding hydrogens is 348 g/mol. The number of carboxylic acids is 1. The Morgan fingerprint density at radius 1 is 1.04 bits per heavy atom. The maximum atomic E-state index is 11.1. The van der Waals surface area contributed by atoms with Crippen LogP contribution >= 0.6 is 0 Å². The zero-order valence-corrected chi connectivity index (χ0v) is 14.3. The second-order valence-electron chi connectivity index (χ2n) is 5.63. The minimum Gasteiger partial charge on any atom is -0.487 e. The first-order valence-corrected chi connectivity index (χ1v) is 8.22. The Bertz CT molecular complexity index is 886. The van der Waals surface area contributed by atoms with Crippen LogP contribution in [0.5, 0.6) is 17.2 Å². The van der Waals surface area contributed by atoms with Crippen LogP contribution in [0, 0.1) is 0 Å². The van der Waals surface area contributed by atoms with Crippen LogP contribution in [0.1, 0.15) is 0 Å². The molecule has 0 saturated carbocycles. The first-order chi connectivity index (χ1) is 13.2. The van der Waals surface area contributed by atoms with E-state index in [0.717, 1.165) is 5.75 Å². The zero-order chi connectivity index (χ0) is 19.1. The van der Waals surface area contributed by atoms with Crippen molar-refractivity contribution in [2.75, 3.05) is 13.2 Å². The Morgan fingerprint density at radius 3 is 2.37 bits per heavy atom. The fourth-order valence-electron chi connectivity index (χ4n) is 2.41. The van der Waals surface area contributed by atoms with Gasteiger partial charge in [0.2, 0.25) is 0 Å². The second kappa shape index (κ2) is 8.57. The number of carboxylic acid groups (broad SMARTS) is 1. The molecule has 138 valence electrons. The summed E-state index contributed by atoms with van der Waals surface area (Å²) in [6.45, 7) is 0.305. The number of para-hydroxylation sites is 1. The number of hydrogen-bond acceptors (Lipinski definition) is 6. The van der Waals surface area contributed by atoms with Crippen LogP contribution in [-0.4, -0.2) is 35.1 Å². The van der Waals surface area contributed by atoms with Gasteiger partial charge < -0.3 is 25.1 Å². The van der Waals surface area contributed by atoms with E-state index in [0.29, 0.717) is 23.7 Å². The highest BCUT2D eigenvalue weighted by molar-refractivity contribution is 6.03. The molecule has 2 aromatic rings. The van der Waals surface area contributed by atoms with E-state index in [1.807, 2.05) is 30.3 Å². The third-order valence-electron chi connectivity index (χ3n) is 3.77. The van der Waals surface area contributed by atoms with Crippen LogP contribution in [0.2, 0.25) is 0 Å². The zero-order valence-electron chi connectivity index (χ0n) is 14.3. The number of rotatable bonds is 7. The summed E-state index contributed by atoms with van der Waals surface area (Å²) in [5.41, 5.74) is 0.736. The maximum Gasteiger partial charge on any atom is 0.335 e.